The lowest BCUT2D eigenvalue weighted by atomic mass is 9.61. The molecule has 2 rings (SSSR count). The van der Waals surface area contributed by atoms with E-state index >= 15 is 0 Å². The number of aryl methyl sites for hydroxylation is 1. The van der Waals surface area contributed by atoms with Crippen LogP contribution in [0, 0.1) is 5.41 Å². The van der Waals surface area contributed by atoms with Gasteiger partial charge in [0.05, 0.1) is 12.4 Å². The average Bonchev–Trinajstić information content (AvgIpc) is 2.89. The first-order chi connectivity index (χ1) is 9.63. The summed E-state index contributed by atoms with van der Waals surface area (Å²) in [6, 6.07) is 0.586. The molecule has 1 fully saturated rings. The average molecular weight is 279 g/mol. The molecule has 1 N–H and O–H groups in total. The first kappa shape index (κ1) is 15.4. The van der Waals surface area contributed by atoms with Crippen LogP contribution in [-0.4, -0.2) is 28.5 Å². The largest absolute Gasteiger partial charge is 0.486 e. The molecule has 1 heterocycles. The van der Waals surface area contributed by atoms with Crippen molar-refractivity contribution in [3.05, 3.63) is 12.4 Å². The van der Waals surface area contributed by atoms with Gasteiger partial charge in [0.1, 0.15) is 6.10 Å². The maximum absolute atomic E-state index is 6.17. The number of hydrogen-bond acceptors (Lipinski definition) is 3. The zero-order chi connectivity index (χ0) is 14.6. The van der Waals surface area contributed by atoms with E-state index in [1.54, 1.807) is 0 Å². The molecule has 1 aromatic heterocycles. The highest BCUT2D eigenvalue weighted by Gasteiger charge is 2.51. The third-order valence-electron chi connectivity index (χ3n) is 4.72. The van der Waals surface area contributed by atoms with Gasteiger partial charge in [-0.15, -0.1) is 0 Å². The summed E-state index contributed by atoms with van der Waals surface area (Å²) in [4.78, 5) is 0. The number of aromatic nitrogens is 2. The van der Waals surface area contributed by atoms with Gasteiger partial charge in [0, 0.05) is 24.4 Å². The molecule has 3 atom stereocenters. The zero-order valence-electron chi connectivity index (χ0n) is 13.4. The lowest BCUT2D eigenvalue weighted by Crippen LogP contribution is -2.63. The first-order valence-electron chi connectivity index (χ1n) is 8.06. The van der Waals surface area contributed by atoms with Crippen LogP contribution in [0.1, 0.15) is 53.4 Å². The van der Waals surface area contributed by atoms with Gasteiger partial charge in [0.2, 0.25) is 0 Å². The molecule has 0 spiro atoms. The molecule has 4 nitrogen and oxygen atoms in total. The Labute approximate surface area is 122 Å². The monoisotopic (exact) mass is 279 g/mol. The standard InChI is InChI=1S/C16H29N3O/c1-5-8-17-14-10-15(16(14,4)7-3)20-13-11-18-19(12-13)9-6-2/h11-12,14-15,17H,5-10H2,1-4H3. The van der Waals surface area contributed by atoms with Gasteiger partial charge in [0.25, 0.3) is 0 Å². The third-order valence-corrected chi connectivity index (χ3v) is 4.72. The topological polar surface area (TPSA) is 39.1 Å². The van der Waals surface area contributed by atoms with Crippen LogP contribution in [0.15, 0.2) is 12.4 Å². The van der Waals surface area contributed by atoms with Crippen LogP contribution in [0.4, 0.5) is 0 Å². The Hall–Kier alpha value is -1.03. The van der Waals surface area contributed by atoms with Gasteiger partial charge in [-0.1, -0.05) is 27.7 Å². The first-order valence-corrected chi connectivity index (χ1v) is 8.06. The Bertz CT molecular complexity index is 418. The van der Waals surface area contributed by atoms with Gasteiger partial charge in [-0.05, 0) is 25.8 Å². The second-order valence-electron chi connectivity index (χ2n) is 6.15. The van der Waals surface area contributed by atoms with Crippen molar-refractivity contribution in [2.24, 2.45) is 5.41 Å². The van der Waals surface area contributed by atoms with E-state index in [9.17, 15) is 0 Å². The number of nitrogens with zero attached hydrogens (tertiary/aromatic N) is 2. The van der Waals surface area contributed by atoms with Crippen molar-refractivity contribution in [3.63, 3.8) is 0 Å². The summed E-state index contributed by atoms with van der Waals surface area (Å²) in [5, 5.41) is 7.99. The molecule has 4 heteroatoms. The Balaban J connectivity index is 1.92. The molecule has 0 aromatic carbocycles. The highest BCUT2D eigenvalue weighted by atomic mass is 16.5. The smallest absolute Gasteiger partial charge is 0.157 e. The molecule has 1 aliphatic rings. The van der Waals surface area contributed by atoms with Gasteiger partial charge < -0.3 is 10.1 Å². The molecule has 0 bridgehead atoms. The Morgan fingerprint density at radius 2 is 2.20 bits per heavy atom. The van der Waals surface area contributed by atoms with E-state index in [2.05, 4.69) is 38.1 Å². The summed E-state index contributed by atoms with van der Waals surface area (Å²) < 4.78 is 8.13. The molecule has 0 aliphatic heterocycles. The number of ether oxygens (including phenoxy) is 1. The normalized spacial score (nSPS) is 29.2. The molecule has 20 heavy (non-hydrogen) atoms. The third kappa shape index (κ3) is 3.00. The SMILES string of the molecule is CCCNC1CC(Oc2cnn(CCC)c2)C1(C)CC. The fourth-order valence-corrected chi connectivity index (χ4v) is 3.03. The molecule has 3 unspecified atom stereocenters. The fourth-order valence-electron chi connectivity index (χ4n) is 3.03. The minimum Gasteiger partial charge on any atom is -0.486 e. The van der Waals surface area contributed by atoms with Crippen LogP contribution in [0.25, 0.3) is 0 Å². The predicted octanol–water partition coefficient (Wildman–Crippen LogP) is 3.23. The molecule has 1 aliphatic carbocycles. The Morgan fingerprint density at radius 1 is 1.40 bits per heavy atom. The van der Waals surface area contributed by atoms with E-state index in [4.69, 9.17) is 4.74 Å². The van der Waals surface area contributed by atoms with E-state index in [1.165, 1.54) is 6.42 Å². The van der Waals surface area contributed by atoms with Crippen molar-refractivity contribution >= 4 is 0 Å². The fraction of sp³-hybridized carbons (Fsp3) is 0.812. The molecule has 1 aromatic rings. The lowest BCUT2D eigenvalue weighted by Gasteiger charge is -2.53. The van der Waals surface area contributed by atoms with E-state index in [-0.39, 0.29) is 5.41 Å². The van der Waals surface area contributed by atoms with Crippen molar-refractivity contribution in [3.8, 4) is 5.75 Å². The lowest BCUT2D eigenvalue weighted by molar-refractivity contribution is -0.0701. The van der Waals surface area contributed by atoms with Gasteiger partial charge in [0.15, 0.2) is 5.75 Å². The molecular weight excluding hydrogens is 250 g/mol. The second-order valence-corrected chi connectivity index (χ2v) is 6.15. The Kier molecular flexibility index (Phi) is 5.08. The summed E-state index contributed by atoms with van der Waals surface area (Å²) in [7, 11) is 0. The Morgan fingerprint density at radius 3 is 2.85 bits per heavy atom. The second kappa shape index (κ2) is 6.61. The molecule has 0 radical (unpaired) electrons. The van der Waals surface area contributed by atoms with Crippen molar-refractivity contribution in [2.45, 2.75) is 72.1 Å². The van der Waals surface area contributed by atoms with E-state index in [1.807, 2.05) is 17.1 Å². The number of nitrogens with one attached hydrogen (secondary N) is 1. The summed E-state index contributed by atoms with van der Waals surface area (Å²) in [6.45, 7) is 11.0. The van der Waals surface area contributed by atoms with Gasteiger partial charge in [-0.25, -0.2) is 0 Å². The van der Waals surface area contributed by atoms with Gasteiger partial charge in [-0.2, -0.15) is 5.10 Å². The van der Waals surface area contributed by atoms with E-state index in [0.717, 1.165) is 38.1 Å². The molecular formula is C16H29N3O. The number of hydrogen-bond donors (Lipinski definition) is 1. The predicted molar refractivity (Wildman–Crippen MR) is 82.0 cm³/mol. The van der Waals surface area contributed by atoms with Crippen molar-refractivity contribution in [1.82, 2.24) is 15.1 Å². The zero-order valence-corrected chi connectivity index (χ0v) is 13.4. The summed E-state index contributed by atoms with van der Waals surface area (Å²) in [6.07, 6.45) is 8.70. The van der Waals surface area contributed by atoms with Crippen LogP contribution in [0.2, 0.25) is 0 Å². The van der Waals surface area contributed by atoms with Crippen LogP contribution in [0.5, 0.6) is 5.75 Å². The van der Waals surface area contributed by atoms with Crippen molar-refractivity contribution in [2.75, 3.05) is 6.54 Å². The maximum atomic E-state index is 6.17. The van der Waals surface area contributed by atoms with Crippen LogP contribution < -0.4 is 10.1 Å². The quantitative estimate of drug-likeness (QED) is 0.794. The van der Waals surface area contributed by atoms with Crippen LogP contribution >= 0.6 is 0 Å². The highest BCUT2D eigenvalue weighted by molar-refractivity contribution is 5.16. The summed E-state index contributed by atoms with van der Waals surface area (Å²) in [5.74, 6) is 0.914. The van der Waals surface area contributed by atoms with Crippen LogP contribution in [-0.2, 0) is 6.54 Å². The number of rotatable bonds is 8. The van der Waals surface area contributed by atoms with Crippen molar-refractivity contribution in [1.29, 1.82) is 0 Å². The minimum atomic E-state index is 0.238. The molecule has 1 saturated carbocycles. The molecule has 0 amide bonds. The van der Waals surface area contributed by atoms with Gasteiger partial charge >= 0.3 is 0 Å². The maximum Gasteiger partial charge on any atom is 0.157 e. The van der Waals surface area contributed by atoms with Gasteiger partial charge in [-0.3, -0.25) is 4.68 Å². The van der Waals surface area contributed by atoms with E-state index in [0.29, 0.717) is 12.1 Å². The minimum absolute atomic E-state index is 0.238. The molecule has 0 saturated heterocycles. The highest BCUT2D eigenvalue weighted by Crippen LogP contribution is 2.46. The van der Waals surface area contributed by atoms with Crippen LogP contribution in [0.3, 0.4) is 0 Å². The summed E-state index contributed by atoms with van der Waals surface area (Å²) >= 11 is 0. The van der Waals surface area contributed by atoms with Crippen molar-refractivity contribution < 1.29 is 4.74 Å². The summed E-state index contributed by atoms with van der Waals surface area (Å²) in [5.41, 5.74) is 0.238. The van der Waals surface area contributed by atoms with E-state index < -0.39 is 0 Å². The molecule has 114 valence electrons.